The summed E-state index contributed by atoms with van der Waals surface area (Å²) in [6.07, 6.45) is 4.08. The lowest BCUT2D eigenvalue weighted by atomic mass is 9.96. The molecule has 0 aliphatic carbocycles. The average Bonchev–Trinajstić information content (AvgIpc) is 2.83. The molecule has 2 N–H and O–H groups in total. The van der Waals surface area contributed by atoms with E-state index in [4.69, 9.17) is 0 Å². The van der Waals surface area contributed by atoms with E-state index in [1.807, 2.05) is 17.2 Å². The highest BCUT2D eigenvalue weighted by atomic mass is 127. The molecular weight excluding hydrogens is 341 g/mol. The van der Waals surface area contributed by atoms with E-state index < -0.39 is 0 Å². The van der Waals surface area contributed by atoms with Crippen LogP contribution in [-0.4, -0.2) is 42.0 Å². The number of hydrogen-bond donors (Lipinski definition) is 2. The number of likely N-dealkylation sites (tertiary alicyclic amines) is 1. The quantitative estimate of drug-likeness (QED) is 0.807. The smallest absolute Gasteiger partial charge is 0.270 e. The molecular formula is C13H20IN3O. The topological polar surface area (TPSA) is 48.1 Å². The van der Waals surface area contributed by atoms with E-state index in [2.05, 4.69) is 39.8 Å². The van der Waals surface area contributed by atoms with Gasteiger partial charge in [0.05, 0.1) is 0 Å². The Kier molecular flexibility index (Phi) is 5.05. The molecule has 1 aliphatic heterocycles. The van der Waals surface area contributed by atoms with Gasteiger partial charge in [0.2, 0.25) is 0 Å². The fraction of sp³-hybridized carbons (Fsp3) is 0.615. The third-order valence-electron chi connectivity index (χ3n) is 3.46. The largest absolute Gasteiger partial charge is 0.356 e. The highest BCUT2D eigenvalue weighted by Gasteiger charge is 2.23. The fourth-order valence-corrected chi connectivity index (χ4v) is 2.82. The van der Waals surface area contributed by atoms with E-state index in [1.165, 1.54) is 0 Å². The number of carbonyl (C=O) groups excluding carboxylic acids is 1. The number of amides is 1. The Hall–Kier alpha value is -0.560. The zero-order chi connectivity index (χ0) is 13.0. The van der Waals surface area contributed by atoms with Crippen LogP contribution in [0.15, 0.2) is 12.3 Å². The first-order chi connectivity index (χ1) is 8.70. The molecule has 1 aliphatic rings. The van der Waals surface area contributed by atoms with Gasteiger partial charge in [-0.1, -0.05) is 6.92 Å². The number of H-pyrrole nitrogens is 1. The Bertz CT molecular complexity index is 397. The third kappa shape index (κ3) is 3.47. The summed E-state index contributed by atoms with van der Waals surface area (Å²) >= 11 is 2.21. The lowest BCUT2D eigenvalue weighted by Gasteiger charge is -2.31. The number of nitrogens with one attached hydrogen (secondary N) is 2. The van der Waals surface area contributed by atoms with Crippen molar-refractivity contribution in [2.24, 2.45) is 5.92 Å². The molecule has 0 spiro atoms. The number of halogens is 1. The van der Waals surface area contributed by atoms with Crippen LogP contribution >= 0.6 is 22.6 Å². The maximum Gasteiger partial charge on any atom is 0.270 e. The lowest BCUT2D eigenvalue weighted by Crippen LogP contribution is -2.40. The van der Waals surface area contributed by atoms with Crippen molar-refractivity contribution >= 4 is 28.5 Å². The Morgan fingerprint density at radius 1 is 1.56 bits per heavy atom. The second-order valence-electron chi connectivity index (χ2n) is 4.77. The Labute approximate surface area is 122 Å². The van der Waals surface area contributed by atoms with Gasteiger partial charge in [0.1, 0.15) is 5.69 Å². The number of aromatic nitrogens is 1. The number of nitrogens with zero attached hydrogens (tertiary/aromatic N) is 1. The standard InChI is InChI=1S/C13H20IN3O/c1-2-15-8-10-3-5-17(6-4-10)13(18)12-7-11(14)9-16-12/h7,9-10,15-16H,2-6,8H2,1H3. The van der Waals surface area contributed by atoms with Gasteiger partial charge in [-0.3, -0.25) is 4.79 Å². The van der Waals surface area contributed by atoms with E-state index in [-0.39, 0.29) is 5.91 Å². The number of carbonyl (C=O) groups is 1. The van der Waals surface area contributed by atoms with E-state index >= 15 is 0 Å². The third-order valence-corrected chi connectivity index (χ3v) is 4.09. The molecule has 0 unspecified atom stereocenters. The minimum absolute atomic E-state index is 0.139. The second-order valence-corrected chi connectivity index (χ2v) is 6.02. The Morgan fingerprint density at radius 2 is 2.28 bits per heavy atom. The van der Waals surface area contributed by atoms with Crippen molar-refractivity contribution in [1.29, 1.82) is 0 Å². The summed E-state index contributed by atoms with van der Waals surface area (Å²) in [5.41, 5.74) is 0.713. The highest BCUT2D eigenvalue weighted by Crippen LogP contribution is 2.18. The van der Waals surface area contributed by atoms with Crippen LogP contribution in [0.2, 0.25) is 0 Å². The summed E-state index contributed by atoms with van der Waals surface area (Å²) in [5.74, 6) is 0.859. The van der Waals surface area contributed by atoms with Crippen LogP contribution in [0.1, 0.15) is 30.3 Å². The molecule has 2 heterocycles. The van der Waals surface area contributed by atoms with Gasteiger partial charge in [-0.25, -0.2) is 0 Å². The zero-order valence-corrected chi connectivity index (χ0v) is 12.9. The number of rotatable bonds is 4. The van der Waals surface area contributed by atoms with Crippen LogP contribution in [0.25, 0.3) is 0 Å². The molecule has 1 aromatic rings. The first-order valence-electron chi connectivity index (χ1n) is 6.54. The Morgan fingerprint density at radius 3 is 2.83 bits per heavy atom. The molecule has 0 aromatic carbocycles. The Balaban J connectivity index is 1.84. The van der Waals surface area contributed by atoms with Crippen LogP contribution in [0, 0.1) is 9.49 Å². The van der Waals surface area contributed by atoms with Crippen LogP contribution in [0.3, 0.4) is 0 Å². The first-order valence-corrected chi connectivity index (χ1v) is 7.62. The number of hydrogen-bond acceptors (Lipinski definition) is 2. The number of piperidine rings is 1. The molecule has 1 amide bonds. The maximum atomic E-state index is 12.2. The van der Waals surface area contributed by atoms with E-state index in [1.54, 1.807) is 0 Å². The molecule has 4 nitrogen and oxygen atoms in total. The molecule has 2 rings (SSSR count). The normalized spacial score (nSPS) is 17.1. The van der Waals surface area contributed by atoms with Gasteiger partial charge >= 0.3 is 0 Å². The van der Waals surface area contributed by atoms with Crippen molar-refractivity contribution < 1.29 is 4.79 Å². The van der Waals surface area contributed by atoms with Crippen molar-refractivity contribution in [2.45, 2.75) is 19.8 Å². The zero-order valence-electron chi connectivity index (χ0n) is 10.7. The highest BCUT2D eigenvalue weighted by molar-refractivity contribution is 14.1. The van der Waals surface area contributed by atoms with Crippen LogP contribution < -0.4 is 5.32 Å². The van der Waals surface area contributed by atoms with Crippen LogP contribution in [-0.2, 0) is 0 Å². The van der Waals surface area contributed by atoms with Gasteiger partial charge in [-0.2, -0.15) is 0 Å². The summed E-state index contributed by atoms with van der Waals surface area (Å²) in [7, 11) is 0. The molecule has 1 aromatic heterocycles. The number of aromatic amines is 1. The fourth-order valence-electron chi connectivity index (χ4n) is 2.35. The van der Waals surface area contributed by atoms with Crippen molar-refractivity contribution in [3.8, 4) is 0 Å². The summed E-state index contributed by atoms with van der Waals surface area (Å²) in [6.45, 7) is 6.00. The van der Waals surface area contributed by atoms with Crippen molar-refractivity contribution in [3.05, 3.63) is 21.5 Å². The van der Waals surface area contributed by atoms with E-state index in [0.717, 1.165) is 48.5 Å². The van der Waals surface area contributed by atoms with Gasteiger partial charge in [-0.05, 0) is 60.5 Å². The van der Waals surface area contributed by atoms with Crippen molar-refractivity contribution in [1.82, 2.24) is 15.2 Å². The minimum atomic E-state index is 0.139. The molecule has 100 valence electrons. The monoisotopic (exact) mass is 361 g/mol. The average molecular weight is 361 g/mol. The molecule has 1 saturated heterocycles. The van der Waals surface area contributed by atoms with Gasteiger partial charge < -0.3 is 15.2 Å². The predicted molar refractivity (Wildman–Crippen MR) is 80.7 cm³/mol. The minimum Gasteiger partial charge on any atom is -0.356 e. The van der Waals surface area contributed by atoms with Crippen LogP contribution in [0.5, 0.6) is 0 Å². The van der Waals surface area contributed by atoms with Gasteiger partial charge in [0.15, 0.2) is 0 Å². The SMILES string of the molecule is CCNCC1CCN(C(=O)c2cc(I)c[nH]2)CC1. The summed E-state index contributed by atoms with van der Waals surface area (Å²) in [4.78, 5) is 17.2. The first kappa shape index (κ1) is 13.9. The molecule has 0 radical (unpaired) electrons. The van der Waals surface area contributed by atoms with Gasteiger partial charge in [0.25, 0.3) is 5.91 Å². The molecule has 18 heavy (non-hydrogen) atoms. The molecule has 1 fully saturated rings. The predicted octanol–water partition coefficient (Wildman–Crippen LogP) is 2.08. The molecule has 5 heteroatoms. The summed E-state index contributed by atoms with van der Waals surface area (Å²) < 4.78 is 1.08. The van der Waals surface area contributed by atoms with E-state index in [0.29, 0.717) is 5.69 Å². The second kappa shape index (κ2) is 6.56. The maximum absolute atomic E-state index is 12.2. The van der Waals surface area contributed by atoms with Crippen LogP contribution in [0.4, 0.5) is 0 Å². The molecule has 0 atom stereocenters. The summed E-state index contributed by atoms with van der Waals surface area (Å²) in [5, 5.41) is 3.39. The van der Waals surface area contributed by atoms with Crippen molar-refractivity contribution in [2.75, 3.05) is 26.2 Å². The molecule has 0 saturated carbocycles. The van der Waals surface area contributed by atoms with E-state index in [9.17, 15) is 4.79 Å². The molecule has 0 bridgehead atoms. The van der Waals surface area contributed by atoms with Crippen molar-refractivity contribution in [3.63, 3.8) is 0 Å². The van der Waals surface area contributed by atoms with Gasteiger partial charge in [-0.15, -0.1) is 0 Å². The lowest BCUT2D eigenvalue weighted by molar-refractivity contribution is 0.0685. The summed E-state index contributed by atoms with van der Waals surface area (Å²) in [6, 6.07) is 1.91. The van der Waals surface area contributed by atoms with Gasteiger partial charge in [0, 0.05) is 22.9 Å².